The molecule has 0 saturated carbocycles. The van der Waals surface area contributed by atoms with E-state index in [1.54, 1.807) is 24.3 Å². The van der Waals surface area contributed by atoms with Crippen molar-refractivity contribution in [3.8, 4) is 5.75 Å². The number of amides is 1. The van der Waals surface area contributed by atoms with Crippen LogP contribution < -0.4 is 14.4 Å². The molecule has 0 aliphatic heterocycles. The summed E-state index contributed by atoms with van der Waals surface area (Å²) in [6.07, 6.45) is 0.899. The fourth-order valence-electron chi connectivity index (χ4n) is 3.18. The van der Waals surface area contributed by atoms with E-state index in [9.17, 15) is 13.2 Å². The number of hydrogen-bond donors (Lipinski definition) is 1. The fraction of sp³-hybridized carbons (Fsp3) is 0.240. The van der Waals surface area contributed by atoms with E-state index >= 15 is 0 Å². The second-order valence-corrected chi connectivity index (χ2v) is 9.21. The van der Waals surface area contributed by atoms with Crippen molar-refractivity contribution in [2.24, 2.45) is 0 Å². The van der Waals surface area contributed by atoms with Gasteiger partial charge in [-0.05, 0) is 74.4 Å². The molecule has 0 aliphatic carbocycles. The van der Waals surface area contributed by atoms with E-state index in [4.69, 9.17) is 4.74 Å². The molecule has 3 aromatic carbocycles. The van der Waals surface area contributed by atoms with Gasteiger partial charge in [-0.3, -0.25) is 9.10 Å². The molecule has 32 heavy (non-hydrogen) atoms. The molecular formula is C25H28N2O4S. The van der Waals surface area contributed by atoms with Gasteiger partial charge in [0.25, 0.3) is 10.0 Å². The van der Waals surface area contributed by atoms with Crippen LogP contribution in [0.4, 0.5) is 11.4 Å². The Morgan fingerprint density at radius 3 is 2.09 bits per heavy atom. The number of ether oxygens (including phenoxy) is 1. The third-order valence-electron chi connectivity index (χ3n) is 4.98. The van der Waals surface area contributed by atoms with Crippen LogP contribution >= 0.6 is 0 Å². The van der Waals surface area contributed by atoms with E-state index < -0.39 is 15.9 Å². The zero-order valence-corrected chi connectivity index (χ0v) is 19.4. The molecule has 0 saturated heterocycles. The summed E-state index contributed by atoms with van der Waals surface area (Å²) >= 11 is 0. The molecule has 168 valence electrons. The predicted octanol–water partition coefficient (Wildman–Crippen LogP) is 4.79. The first-order valence-corrected chi connectivity index (χ1v) is 12.0. The lowest BCUT2D eigenvalue weighted by atomic mass is 10.1. The highest BCUT2D eigenvalue weighted by molar-refractivity contribution is 7.92. The van der Waals surface area contributed by atoms with Crippen molar-refractivity contribution in [1.29, 1.82) is 0 Å². The Labute approximate surface area is 189 Å². The molecule has 0 spiro atoms. The van der Waals surface area contributed by atoms with E-state index in [1.165, 1.54) is 12.1 Å². The van der Waals surface area contributed by atoms with Gasteiger partial charge in [0.1, 0.15) is 12.3 Å². The minimum atomic E-state index is -3.98. The molecule has 0 bridgehead atoms. The summed E-state index contributed by atoms with van der Waals surface area (Å²) in [4.78, 5) is 12.9. The van der Waals surface area contributed by atoms with Crippen LogP contribution in [0.5, 0.6) is 5.75 Å². The highest BCUT2D eigenvalue weighted by atomic mass is 32.2. The zero-order valence-electron chi connectivity index (χ0n) is 18.5. The molecule has 0 radical (unpaired) electrons. The third-order valence-corrected chi connectivity index (χ3v) is 6.77. The highest BCUT2D eigenvalue weighted by Crippen LogP contribution is 2.26. The summed E-state index contributed by atoms with van der Waals surface area (Å²) in [7, 11) is -3.98. The van der Waals surface area contributed by atoms with Gasteiger partial charge >= 0.3 is 0 Å². The van der Waals surface area contributed by atoms with E-state index in [0.717, 1.165) is 21.9 Å². The van der Waals surface area contributed by atoms with Crippen molar-refractivity contribution in [2.75, 3.05) is 22.8 Å². The molecule has 0 unspecified atom stereocenters. The van der Waals surface area contributed by atoms with Crippen LogP contribution in [-0.4, -0.2) is 27.5 Å². The van der Waals surface area contributed by atoms with E-state index in [0.29, 0.717) is 23.7 Å². The van der Waals surface area contributed by atoms with Gasteiger partial charge < -0.3 is 10.1 Å². The molecular weight excluding hydrogens is 424 g/mol. The molecule has 0 atom stereocenters. The zero-order chi connectivity index (χ0) is 23.1. The quantitative estimate of drug-likeness (QED) is 0.506. The van der Waals surface area contributed by atoms with Crippen molar-refractivity contribution in [1.82, 2.24) is 0 Å². The first-order valence-electron chi connectivity index (χ1n) is 10.5. The van der Waals surface area contributed by atoms with Gasteiger partial charge in [-0.25, -0.2) is 8.42 Å². The fourth-order valence-corrected chi connectivity index (χ4v) is 4.60. The second-order valence-electron chi connectivity index (χ2n) is 7.35. The van der Waals surface area contributed by atoms with Crippen LogP contribution in [0.2, 0.25) is 0 Å². The van der Waals surface area contributed by atoms with Crippen molar-refractivity contribution in [3.63, 3.8) is 0 Å². The normalized spacial score (nSPS) is 11.1. The SMILES string of the molecule is CCOc1ccc(S(=O)(=O)N(CC(=O)Nc2ccc(CC)cc2)c2ccc(C)cc2)cc1. The van der Waals surface area contributed by atoms with Crippen LogP contribution in [0.3, 0.4) is 0 Å². The number of anilines is 2. The smallest absolute Gasteiger partial charge is 0.264 e. The topological polar surface area (TPSA) is 75.7 Å². The van der Waals surface area contributed by atoms with Crippen molar-refractivity contribution in [3.05, 3.63) is 83.9 Å². The first kappa shape index (κ1) is 23.3. The average Bonchev–Trinajstić information content (AvgIpc) is 2.79. The maximum atomic E-state index is 13.5. The van der Waals surface area contributed by atoms with Crippen molar-refractivity contribution >= 4 is 27.3 Å². The molecule has 0 heterocycles. The Morgan fingerprint density at radius 1 is 0.906 bits per heavy atom. The maximum Gasteiger partial charge on any atom is 0.264 e. The van der Waals surface area contributed by atoms with Gasteiger partial charge in [0.15, 0.2) is 0 Å². The largest absolute Gasteiger partial charge is 0.494 e. The summed E-state index contributed by atoms with van der Waals surface area (Å²) in [5.74, 6) is 0.158. The van der Waals surface area contributed by atoms with Crippen LogP contribution in [-0.2, 0) is 21.2 Å². The number of nitrogens with one attached hydrogen (secondary N) is 1. The maximum absolute atomic E-state index is 13.5. The monoisotopic (exact) mass is 452 g/mol. The first-order chi connectivity index (χ1) is 15.3. The van der Waals surface area contributed by atoms with Gasteiger partial charge in [-0.15, -0.1) is 0 Å². The molecule has 0 aliphatic rings. The number of carbonyl (C=O) groups excluding carboxylic acids is 1. The Hall–Kier alpha value is -3.32. The van der Waals surface area contributed by atoms with E-state index in [2.05, 4.69) is 12.2 Å². The summed E-state index contributed by atoms with van der Waals surface area (Å²) < 4.78 is 33.5. The molecule has 3 rings (SSSR count). The molecule has 1 amide bonds. The lowest BCUT2D eigenvalue weighted by molar-refractivity contribution is -0.114. The lowest BCUT2D eigenvalue weighted by Crippen LogP contribution is -2.38. The van der Waals surface area contributed by atoms with E-state index in [-0.39, 0.29) is 11.4 Å². The number of rotatable bonds is 9. The van der Waals surface area contributed by atoms with Gasteiger partial charge in [-0.1, -0.05) is 36.8 Å². The molecule has 1 N–H and O–H groups in total. The number of hydrogen-bond acceptors (Lipinski definition) is 4. The second kappa shape index (κ2) is 10.3. The standard InChI is InChI=1S/C25H28N2O4S/c1-4-20-8-10-21(11-9-20)26-25(28)18-27(22-12-6-19(3)7-13-22)32(29,30)24-16-14-23(15-17-24)31-5-2/h6-17H,4-5,18H2,1-3H3,(H,26,28). The van der Waals surface area contributed by atoms with Crippen molar-refractivity contribution < 1.29 is 17.9 Å². The van der Waals surface area contributed by atoms with Gasteiger partial charge in [0.05, 0.1) is 17.2 Å². The molecule has 3 aromatic rings. The lowest BCUT2D eigenvalue weighted by Gasteiger charge is -2.24. The highest BCUT2D eigenvalue weighted by Gasteiger charge is 2.27. The van der Waals surface area contributed by atoms with Crippen LogP contribution in [0.1, 0.15) is 25.0 Å². The van der Waals surface area contributed by atoms with Gasteiger partial charge in [-0.2, -0.15) is 0 Å². The minimum Gasteiger partial charge on any atom is -0.494 e. The Bertz CT molecular complexity index is 1140. The Balaban J connectivity index is 1.88. The summed E-state index contributed by atoms with van der Waals surface area (Å²) in [6.45, 7) is 5.97. The summed E-state index contributed by atoms with van der Waals surface area (Å²) in [5.41, 5.74) is 3.19. The predicted molar refractivity (Wildman–Crippen MR) is 128 cm³/mol. The van der Waals surface area contributed by atoms with E-state index in [1.807, 2.05) is 50.2 Å². The average molecular weight is 453 g/mol. The number of benzene rings is 3. The molecule has 0 fully saturated rings. The number of carbonyl (C=O) groups is 1. The van der Waals surface area contributed by atoms with Gasteiger partial charge in [0, 0.05) is 5.69 Å². The Morgan fingerprint density at radius 2 is 1.53 bits per heavy atom. The van der Waals surface area contributed by atoms with Crippen LogP contribution in [0, 0.1) is 6.92 Å². The summed E-state index contributed by atoms with van der Waals surface area (Å²) in [5, 5.41) is 2.79. The van der Waals surface area contributed by atoms with Crippen molar-refractivity contribution in [2.45, 2.75) is 32.1 Å². The number of nitrogens with zero attached hydrogens (tertiary/aromatic N) is 1. The van der Waals surface area contributed by atoms with Crippen LogP contribution in [0.15, 0.2) is 77.7 Å². The summed E-state index contributed by atoms with van der Waals surface area (Å²) in [6, 6.07) is 20.7. The molecule has 0 aromatic heterocycles. The molecule has 7 heteroatoms. The molecule has 6 nitrogen and oxygen atoms in total. The third kappa shape index (κ3) is 5.68. The number of sulfonamides is 1. The van der Waals surface area contributed by atoms with Gasteiger partial charge in [0.2, 0.25) is 5.91 Å². The minimum absolute atomic E-state index is 0.0848. The number of aryl methyl sites for hydroxylation is 2. The van der Waals surface area contributed by atoms with Crippen LogP contribution in [0.25, 0.3) is 0 Å². The Kier molecular flexibility index (Phi) is 7.53.